The SMILES string of the molecule is CCOc1ccccc1C(=O)NCC(=O)NCCc1c[nH]c2ccccc12. The van der Waals surface area contributed by atoms with Crippen molar-refractivity contribution >= 4 is 22.7 Å². The quantitative estimate of drug-likeness (QED) is 0.574. The Bertz CT molecular complexity index is 933. The van der Waals surface area contributed by atoms with E-state index in [9.17, 15) is 9.59 Å². The first-order valence-corrected chi connectivity index (χ1v) is 9.00. The van der Waals surface area contributed by atoms with Crippen molar-refractivity contribution < 1.29 is 14.3 Å². The Hall–Kier alpha value is -3.28. The predicted octanol–water partition coefficient (Wildman–Crippen LogP) is 2.66. The third kappa shape index (κ3) is 4.67. The van der Waals surface area contributed by atoms with E-state index < -0.39 is 0 Å². The number of carbonyl (C=O) groups is 2. The number of hydrogen-bond acceptors (Lipinski definition) is 3. The summed E-state index contributed by atoms with van der Waals surface area (Å²) in [5.74, 6) is -0.0415. The third-order valence-corrected chi connectivity index (χ3v) is 4.23. The smallest absolute Gasteiger partial charge is 0.255 e. The zero-order valence-electron chi connectivity index (χ0n) is 15.2. The average molecular weight is 365 g/mol. The van der Waals surface area contributed by atoms with Gasteiger partial charge in [0.25, 0.3) is 5.91 Å². The molecule has 0 saturated carbocycles. The Morgan fingerprint density at radius 2 is 1.81 bits per heavy atom. The van der Waals surface area contributed by atoms with Gasteiger partial charge in [-0.05, 0) is 37.1 Å². The first-order valence-electron chi connectivity index (χ1n) is 9.00. The van der Waals surface area contributed by atoms with Crippen LogP contribution in [0.3, 0.4) is 0 Å². The Balaban J connectivity index is 1.46. The van der Waals surface area contributed by atoms with Crippen molar-refractivity contribution in [3.63, 3.8) is 0 Å². The molecule has 1 aromatic heterocycles. The molecule has 3 rings (SSSR count). The largest absolute Gasteiger partial charge is 0.493 e. The number of amides is 2. The van der Waals surface area contributed by atoms with Crippen LogP contribution >= 0.6 is 0 Å². The van der Waals surface area contributed by atoms with Gasteiger partial charge in [-0.1, -0.05) is 30.3 Å². The average Bonchev–Trinajstić information content (AvgIpc) is 3.10. The summed E-state index contributed by atoms with van der Waals surface area (Å²) in [5.41, 5.74) is 2.66. The highest BCUT2D eigenvalue weighted by Gasteiger charge is 2.13. The molecular weight excluding hydrogens is 342 g/mol. The molecule has 0 atom stereocenters. The van der Waals surface area contributed by atoms with Crippen LogP contribution in [0.1, 0.15) is 22.8 Å². The van der Waals surface area contributed by atoms with Gasteiger partial charge < -0.3 is 20.4 Å². The highest BCUT2D eigenvalue weighted by molar-refractivity contribution is 5.98. The lowest BCUT2D eigenvalue weighted by atomic mass is 10.1. The van der Waals surface area contributed by atoms with Crippen LogP contribution in [0.15, 0.2) is 54.7 Å². The molecule has 0 aliphatic heterocycles. The number of hydrogen-bond donors (Lipinski definition) is 3. The van der Waals surface area contributed by atoms with E-state index in [0.717, 1.165) is 22.9 Å². The van der Waals surface area contributed by atoms with Crippen molar-refractivity contribution in [1.29, 1.82) is 0 Å². The van der Waals surface area contributed by atoms with Crippen LogP contribution in [0.25, 0.3) is 10.9 Å². The number of aromatic nitrogens is 1. The van der Waals surface area contributed by atoms with Gasteiger partial charge in [-0.15, -0.1) is 0 Å². The van der Waals surface area contributed by atoms with Gasteiger partial charge in [-0.25, -0.2) is 0 Å². The van der Waals surface area contributed by atoms with Crippen molar-refractivity contribution in [2.45, 2.75) is 13.3 Å². The number of para-hydroxylation sites is 2. The highest BCUT2D eigenvalue weighted by Crippen LogP contribution is 2.18. The summed E-state index contributed by atoms with van der Waals surface area (Å²) in [5, 5.41) is 6.63. The summed E-state index contributed by atoms with van der Waals surface area (Å²) in [6.45, 7) is 2.76. The van der Waals surface area contributed by atoms with E-state index in [1.165, 1.54) is 0 Å². The highest BCUT2D eigenvalue weighted by atomic mass is 16.5. The van der Waals surface area contributed by atoms with E-state index in [0.29, 0.717) is 24.5 Å². The lowest BCUT2D eigenvalue weighted by Gasteiger charge is -2.10. The number of ether oxygens (including phenoxy) is 1. The van der Waals surface area contributed by atoms with Crippen molar-refractivity contribution in [3.05, 3.63) is 65.9 Å². The predicted molar refractivity (Wildman–Crippen MR) is 105 cm³/mol. The van der Waals surface area contributed by atoms with Gasteiger partial charge in [0, 0.05) is 23.6 Å². The van der Waals surface area contributed by atoms with Gasteiger partial charge >= 0.3 is 0 Å². The molecule has 140 valence electrons. The van der Waals surface area contributed by atoms with Crippen LogP contribution in [0.4, 0.5) is 0 Å². The minimum atomic E-state index is -0.328. The van der Waals surface area contributed by atoms with Gasteiger partial charge in [0.2, 0.25) is 5.91 Å². The van der Waals surface area contributed by atoms with E-state index in [-0.39, 0.29) is 18.4 Å². The number of fused-ring (bicyclic) bond motifs is 1. The fourth-order valence-corrected chi connectivity index (χ4v) is 2.93. The van der Waals surface area contributed by atoms with Crippen molar-refractivity contribution in [2.24, 2.45) is 0 Å². The van der Waals surface area contributed by atoms with Crippen molar-refractivity contribution in [3.8, 4) is 5.75 Å². The minimum absolute atomic E-state index is 0.0762. The van der Waals surface area contributed by atoms with Crippen molar-refractivity contribution in [1.82, 2.24) is 15.6 Å². The Morgan fingerprint density at radius 3 is 2.67 bits per heavy atom. The van der Waals surface area contributed by atoms with Crippen LogP contribution in [0, 0.1) is 0 Å². The maximum atomic E-state index is 12.3. The maximum absolute atomic E-state index is 12.3. The number of carbonyl (C=O) groups excluding carboxylic acids is 2. The molecular formula is C21H23N3O3. The molecule has 3 N–H and O–H groups in total. The number of nitrogens with one attached hydrogen (secondary N) is 3. The molecule has 0 aliphatic rings. The number of aromatic amines is 1. The molecule has 1 heterocycles. The molecule has 0 spiro atoms. The normalized spacial score (nSPS) is 10.6. The van der Waals surface area contributed by atoms with Gasteiger partial charge in [0.1, 0.15) is 5.75 Å². The Morgan fingerprint density at radius 1 is 1.04 bits per heavy atom. The van der Waals surface area contributed by atoms with Crippen molar-refractivity contribution in [2.75, 3.05) is 19.7 Å². The zero-order valence-corrected chi connectivity index (χ0v) is 15.2. The molecule has 0 unspecified atom stereocenters. The molecule has 3 aromatic rings. The lowest BCUT2D eigenvalue weighted by molar-refractivity contribution is -0.120. The zero-order chi connectivity index (χ0) is 19.1. The van der Waals surface area contributed by atoms with E-state index in [1.54, 1.807) is 24.3 Å². The first-order chi connectivity index (χ1) is 13.2. The van der Waals surface area contributed by atoms with E-state index in [1.807, 2.05) is 31.3 Å². The summed E-state index contributed by atoms with van der Waals surface area (Å²) in [6, 6.07) is 15.0. The van der Waals surface area contributed by atoms with E-state index in [2.05, 4.69) is 21.7 Å². The Labute approximate surface area is 157 Å². The molecule has 6 nitrogen and oxygen atoms in total. The second kappa shape index (κ2) is 8.89. The maximum Gasteiger partial charge on any atom is 0.255 e. The van der Waals surface area contributed by atoms with Gasteiger partial charge in [0.15, 0.2) is 0 Å². The fourth-order valence-electron chi connectivity index (χ4n) is 2.93. The van der Waals surface area contributed by atoms with Crippen LogP contribution in [0.5, 0.6) is 5.75 Å². The molecule has 0 fully saturated rings. The van der Waals surface area contributed by atoms with Crippen LogP contribution in [0.2, 0.25) is 0 Å². The first kappa shape index (κ1) is 18.5. The van der Waals surface area contributed by atoms with Gasteiger partial charge in [-0.3, -0.25) is 9.59 Å². The molecule has 2 aromatic carbocycles. The summed E-state index contributed by atoms with van der Waals surface area (Å²) in [4.78, 5) is 27.5. The minimum Gasteiger partial charge on any atom is -0.493 e. The second-order valence-electron chi connectivity index (χ2n) is 6.07. The Kier molecular flexibility index (Phi) is 6.10. The van der Waals surface area contributed by atoms with Crippen LogP contribution in [-0.2, 0) is 11.2 Å². The summed E-state index contributed by atoms with van der Waals surface area (Å²) in [6.07, 6.45) is 2.68. The number of H-pyrrole nitrogens is 1. The monoisotopic (exact) mass is 365 g/mol. The van der Waals surface area contributed by atoms with Crippen LogP contribution in [-0.4, -0.2) is 36.5 Å². The van der Waals surface area contributed by atoms with Crippen LogP contribution < -0.4 is 15.4 Å². The number of benzene rings is 2. The molecule has 0 radical (unpaired) electrons. The van der Waals surface area contributed by atoms with Gasteiger partial charge in [0.05, 0.1) is 18.7 Å². The topological polar surface area (TPSA) is 83.2 Å². The second-order valence-corrected chi connectivity index (χ2v) is 6.07. The molecule has 2 amide bonds. The molecule has 6 heteroatoms. The molecule has 0 aliphatic carbocycles. The number of rotatable bonds is 8. The van der Waals surface area contributed by atoms with E-state index >= 15 is 0 Å². The molecule has 0 saturated heterocycles. The molecule has 27 heavy (non-hydrogen) atoms. The van der Waals surface area contributed by atoms with E-state index in [4.69, 9.17) is 4.74 Å². The van der Waals surface area contributed by atoms with Gasteiger partial charge in [-0.2, -0.15) is 0 Å². The third-order valence-electron chi connectivity index (χ3n) is 4.23. The lowest BCUT2D eigenvalue weighted by Crippen LogP contribution is -2.37. The standard InChI is InChI=1S/C21H23N3O3/c1-2-27-19-10-6-4-8-17(19)21(26)24-14-20(25)22-12-11-15-13-23-18-9-5-3-7-16(15)18/h3-10,13,23H,2,11-12,14H2,1H3,(H,22,25)(H,24,26). The molecule has 0 bridgehead atoms. The summed E-state index contributed by atoms with van der Waals surface area (Å²) < 4.78 is 5.44. The summed E-state index contributed by atoms with van der Waals surface area (Å²) in [7, 11) is 0. The fraction of sp³-hybridized carbons (Fsp3) is 0.238. The summed E-state index contributed by atoms with van der Waals surface area (Å²) >= 11 is 0.